The van der Waals surface area contributed by atoms with Gasteiger partial charge >= 0.3 is 0 Å². The van der Waals surface area contributed by atoms with Gasteiger partial charge in [0.15, 0.2) is 0 Å². The summed E-state index contributed by atoms with van der Waals surface area (Å²) < 4.78 is 0. The predicted octanol–water partition coefficient (Wildman–Crippen LogP) is 1.76. The monoisotopic (exact) mass is 235 g/mol. The maximum atomic E-state index is 11.8. The first-order chi connectivity index (χ1) is 7.90. The second kappa shape index (κ2) is 3.35. The zero-order chi connectivity index (χ0) is 12.3. The van der Waals surface area contributed by atoms with Crippen LogP contribution in [-0.4, -0.2) is 22.2 Å². The van der Waals surface area contributed by atoms with Gasteiger partial charge in [-0.15, -0.1) is 0 Å². The summed E-state index contributed by atoms with van der Waals surface area (Å²) in [6.45, 7) is 5.44. The second-order valence-electron chi connectivity index (χ2n) is 6.70. The Morgan fingerprint density at radius 2 is 1.88 bits per heavy atom. The van der Waals surface area contributed by atoms with E-state index in [0.717, 1.165) is 32.1 Å². The molecular formula is C14H21NO2. The average Bonchev–Trinajstić information content (AvgIpc) is 2.11. The summed E-state index contributed by atoms with van der Waals surface area (Å²) in [7, 11) is 0. The summed E-state index contributed by atoms with van der Waals surface area (Å²) in [6.07, 6.45) is 5.96. The van der Waals surface area contributed by atoms with Crippen LogP contribution in [0.25, 0.3) is 0 Å². The van der Waals surface area contributed by atoms with E-state index < -0.39 is 5.60 Å². The summed E-state index contributed by atoms with van der Waals surface area (Å²) in [5.41, 5.74) is -0.0888. The zero-order valence-electron chi connectivity index (χ0n) is 10.5. The number of carbonyl (C=O) groups excluding carboxylic acids is 1. The Balaban J connectivity index is 1.83. The molecule has 0 aromatic heterocycles. The molecule has 0 aliphatic heterocycles. The molecule has 0 aromatic rings. The Kier molecular flexibility index (Phi) is 2.22. The van der Waals surface area contributed by atoms with Gasteiger partial charge < -0.3 is 10.4 Å². The summed E-state index contributed by atoms with van der Waals surface area (Å²) in [5.74, 6) is 1.16. The number of carbonyl (C=O) groups is 1. The smallest absolute Gasteiger partial charge is 0.246 e. The van der Waals surface area contributed by atoms with Gasteiger partial charge in [0, 0.05) is 11.1 Å². The first kappa shape index (κ1) is 11.3. The van der Waals surface area contributed by atoms with Crippen molar-refractivity contribution in [3.05, 3.63) is 12.2 Å². The molecule has 94 valence electrons. The van der Waals surface area contributed by atoms with Gasteiger partial charge in [0.1, 0.15) is 0 Å². The molecule has 4 bridgehead atoms. The molecule has 2 N–H and O–H groups in total. The van der Waals surface area contributed by atoms with Crippen LogP contribution in [0, 0.1) is 11.8 Å². The largest absolute Gasteiger partial charge is 0.390 e. The van der Waals surface area contributed by atoms with Crippen LogP contribution in [0.15, 0.2) is 12.2 Å². The molecule has 4 aliphatic rings. The van der Waals surface area contributed by atoms with Crippen LogP contribution in [0.2, 0.25) is 0 Å². The third-order valence-electron chi connectivity index (χ3n) is 4.80. The minimum atomic E-state index is -0.508. The molecule has 4 fully saturated rings. The van der Waals surface area contributed by atoms with Crippen molar-refractivity contribution in [3.63, 3.8) is 0 Å². The fraction of sp³-hybridized carbons (Fsp3) is 0.786. The van der Waals surface area contributed by atoms with E-state index in [1.54, 1.807) is 6.92 Å². The molecule has 0 aromatic carbocycles. The fourth-order valence-electron chi connectivity index (χ4n) is 4.71. The standard InChI is InChI=1S/C14H21NO2/c1-9(2)12(16)15-13-4-10-3-11(5-13)7-14(17,6-10)8-13/h10-11,17H,1,3-8H2,2H3,(H,15,16). The summed E-state index contributed by atoms with van der Waals surface area (Å²) in [5, 5.41) is 13.7. The molecule has 0 spiro atoms. The van der Waals surface area contributed by atoms with Gasteiger partial charge in [0.05, 0.1) is 5.60 Å². The Morgan fingerprint density at radius 1 is 1.29 bits per heavy atom. The van der Waals surface area contributed by atoms with Crippen LogP contribution >= 0.6 is 0 Å². The van der Waals surface area contributed by atoms with Gasteiger partial charge in [-0.1, -0.05) is 6.58 Å². The molecule has 0 radical (unpaired) electrons. The van der Waals surface area contributed by atoms with Gasteiger partial charge in [-0.25, -0.2) is 0 Å². The highest BCUT2D eigenvalue weighted by Gasteiger charge is 2.57. The van der Waals surface area contributed by atoms with Gasteiger partial charge in [-0.2, -0.15) is 0 Å². The Hall–Kier alpha value is -0.830. The number of hydrogen-bond donors (Lipinski definition) is 2. The first-order valence-electron chi connectivity index (χ1n) is 6.60. The van der Waals surface area contributed by atoms with Gasteiger partial charge in [-0.3, -0.25) is 4.79 Å². The van der Waals surface area contributed by atoms with E-state index in [4.69, 9.17) is 0 Å². The molecular weight excluding hydrogens is 214 g/mol. The molecule has 1 amide bonds. The first-order valence-corrected chi connectivity index (χ1v) is 6.60. The highest BCUT2D eigenvalue weighted by molar-refractivity contribution is 5.92. The van der Waals surface area contributed by atoms with E-state index in [-0.39, 0.29) is 11.4 Å². The minimum Gasteiger partial charge on any atom is -0.390 e. The lowest BCUT2D eigenvalue weighted by Gasteiger charge is -2.60. The van der Waals surface area contributed by atoms with Crippen LogP contribution in [-0.2, 0) is 4.79 Å². The Morgan fingerprint density at radius 3 is 2.35 bits per heavy atom. The van der Waals surface area contributed by atoms with Crippen molar-refractivity contribution in [2.75, 3.05) is 0 Å². The van der Waals surface area contributed by atoms with E-state index in [1.807, 2.05) is 0 Å². The molecule has 0 heterocycles. The maximum Gasteiger partial charge on any atom is 0.246 e. The van der Waals surface area contributed by atoms with E-state index >= 15 is 0 Å². The number of hydrogen-bond acceptors (Lipinski definition) is 2. The molecule has 3 nitrogen and oxygen atoms in total. The van der Waals surface area contributed by atoms with Crippen molar-refractivity contribution in [2.45, 2.75) is 56.6 Å². The molecule has 17 heavy (non-hydrogen) atoms. The highest BCUT2D eigenvalue weighted by atomic mass is 16.3. The summed E-state index contributed by atoms with van der Waals surface area (Å²) >= 11 is 0. The SMILES string of the molecule is C=C(C)C(=O)NC12CC3CC(CC(O)(C3)C1)C2. The van der Waals surface area contributed by atoms with E-state index in [9.17, 15) is 9.90 Å². The van der Waals surface area contributed by atoms with Crippen molar-refractivity contribution < 1.29 is 9.90 Å². The number of nitrogens with one attached hydrogen (secondary N) is 1. The van der Waals surface area contributed by atoms with Crippen molar-refractivity contribution in [1.29, 1.82) is 0 Å². The molecule has 4 rings (SSSR count). The second-order valence-corrected chi connectivity index (χ2v) is 6.70. The van der Waals surface area contributed by atoms with Crippen molar-refractivity contribution in [2.24, 2.45) is 11.8 Å². The third kappa shape index (κ3) is 1.81. The van der Waals surface area contributed by atoms with Gasteiger partial charge in [0.25, 0.3) is 0 Å². The van der Waals surface area contributed by atoms with Crippen molar-refractivity contribution in [1.82, 2.24) is 5.32 Å². The molecule has 3 heteroatoms. The quantitative estimate of drug-likeness (QED) is 0.717. The third-order valence-corrected chi connectivity index (χ3v) is 4.80. The number of rotatable bonds is 2. The van der Waals surface area contributed by atoms with Crippen LogP contribution in [0.4, 0.5) is 0 Å². The fourth-order valence-corrected chi connectivity index (χ4v) is 4.71. The highest BCUT2D eigenvalue weighted by Crippen LogP contribution is 2.57. The van der Waals surface area contributed by atoms with Crippen LogP contribution in [0.1, 0.15) is 45.4 Å². The maximum absolute atomic E-state index is 11.8. The van der Waals surface area contributed by atoms with Crippen molar-refractivity contribution >= 4 is 5.91 Å². The van der Waals surface area contributed by atoms with E-state index in [2.05, 4.69) is 11.9 Å². The molecule has 0 saturated heterocycles. The molecule has 2 atom stereocenters. The minimum absolute atomic E-state index is 0.0458. The Labute approximate surface area is 102 Å². The van der Waals surface area contributed by atoms with Crippen LogP contribution in [0.5, 0.6) is 0 Å². The normalized spacial score (nSPS) is 46.9. The van der Waals surface area contributed by atoms with Crippen molar-refractivity contribution in [3.8, 4) is 0 Å². The van der Waals surface area contributed by atoms with E-state index in [1.165, 1.54) is 6.42 Å². The molecule has 4 aliphatic carbocycles. The van der Waals surface area contributed by atoms with E-state index in [0.29, 0.717) is 17.4 Å². The average molecular weight is 235 g/mol. The predicted molar refractivity (Wildman–Crippen MR) is 65.3 cm³/mol. The molecule has 2 unspecified atom stereocenters. The van der Waals surface area contributed by atoms with Gasteiger partial charge in [-0.05, 0) is 57.3 Å². The lowest BCUT2D eigenvalue weighted by atomic mass is 9.51. The Bertz CT molecular complexity index is 374. The van der Waals surface area contributed by atoms with Gasteiger partial charge in [0.2, 0.25) is 5.91 Å². The van der Waals surface area contributed by atoms with Crippen LogP contribution in [0.3, 0.4) is 0 Å². The number of amides is 1. The lowest BCUT2D eigenvalue weighted by Crippen LogP contribution is -2.65. The zero-order valence-corrected chi connectivity index (χ0v) is 10.5. The van der Waals surface area contributed by atoms with Crippen LogP contribution < -0.4 is 5.32 Å². The summed E-state index contributed by atoms with van der Waals surface area (Å²) in [6, 6.07) is 0. The summed E-state index contributed by atoms with van der Waals surface area (Å²) in [4.78, 5) is 11.8. The molecule has 4 saturated carbocycles. The number of aliphatic hydroxyl groups is 1. The topological polar surface area (TPSA) is 49.3 Å². The lowest BCUT2D eigenvalue weighted by molar-refractivity contribution is -0.149.